The molecule has 44 heavy (non-hydrogen) atoms. The highest BCUT2D eigenvalue weighted by atomic mass is 31.2. The minimum Gasteiger partial charge on any atom is -0.465 e. The van der Waals surface area contributed by atoms with E-state index in [0.717, 1.165) is 51.4 Å². The van der Waals surface area contributed by atoms with Crippen LogP contribution in [0.25, 0.3) is 11.2 Å². The van der Waals surface area contributed by atoms with Crippen LogP contribution in [0.4, 0.5) is 11.8 Å². The number of hydrogen-bond donors (Lipinski definition) is 4. The summed E-state index contributed by atoms with van der Waals surface area (Å²) in [5, 5.41) is 8.77. The van der Waals surface area contributed by atoms with Crippen LogP contribution in [-0.4, -0.2) is 76.3 Å². The maximum absolute atomic E-state index is 14.0. The Morgan fingerprint density at radius 2 is 1.57 bits per heavy atom. The molecule has 2 rings (SSSR count). The molecule has 5 N–H and O–H groups in total. The number of nitrogen functional groups attached to an aromatic ring is 1. The van der Waals surface area contributed by atoms with E-state index in [9.17, 15) is 14.2 Å². The summed E-state index contributed by atoms with van der Waals surface area (Å²) in [6.07, 6.45) is 10.7. The van der Waals surface area contributed by atoms with E-state index >= 15 is 0 Å². The van der Waals surface area contributed by atoms with E-state index in [4.69, 9.17) is 19.9 Å². The highest BCUT2D eigenvalue weighted by Gasteiger charge is 2.32. The monoisotopic (exact) mass is 638 g/mol. The lowest BCUT2D eigenvalue weighted by molar-refractivity contribution is -0.145. The molecule has 0 aliphatic heterocycles. The molecule has 0 spiro atoms. The lowest BCUT2D eigenvalue weighted by atomic mass is 10.2. The van der Waals surface area contributed by atoms with Gasteiger partial charge in [-0.15, -0.1) is 6.58 Å². The van der Waals surface area contributed by atoms with Crippen molar-refractivity contribution in [3.63, 3.8) is 0 Å². The van der Waals surface area contributed by atoms with E-state index in [-0.39, 0.29) is 32.1 Å². The van der Waals surface area contributed by atoms with Crippen LogP contribution < -0.4 is 21.2 Å². The zero-order chi connectivity index (χ0) is 32.4. The molecular formula is C29H51N8O6P. The molecule has 0 aliphatic carbocycles. The topological polar surface area (TPSA) is 185 Å². The molecule has 0 saturated carbocycles. The van der Waals surface area contributed by atoms with Gasteiger partial charge in [0.25, 0.3) is 0 Å². The van der Waals surface area contributed by atoms with Crippen molar-refractivity contribution >= 4 is 42.3 Å². The minimum absolute atomic E-state index is 0.0853. The molecule has 0 amide bonds. The molecule has 2 atom stereocenters. The first kappa shape index (κ1) is 37.1. The number of fused-ring (bicyclic) bond motifs is 1. The molecule has 0 fully saturated rings. The molecule has 2 aromatic heterocycles. The lowest BCUT2D eigenvalue weighted by Crippen LogP contribution is -2.43. The van der Waals surface area contributed by atoms with Crippen LogP contribution in [0.2, 0.25) is 0 Å². The predicted molar refractivity (Wildman–Crippen MR) is 172 cm³/mol. The van der Waals surface area contributed by atoms with Crippen molar-refractivity contribution in [3.05, 3.63) is 19.0 Å². The van der Waals surface area contributed by atoms with Crippen molar-refractivity contribution in [1.29, 1.82) is 0 Å². The van der Waals surface area contributed by atoms with E-state index in [2.05, 4.69) is 50.9 Å². The number of nitrogens with zero attached hydrogens (tertiary/aromatic N) is 4. The summed E-state index contributed by atoms with van der Waals surface area (Å²) in [7, 11) is -3.64. The maximum atomic E-state index is 14.0. The van der Waals surface area contributed by atoms with Crippen molar-refractivity contribution in [2.75, 3.05) is 43.8 Å². The van der Waals surface area contributed by atoms with Gasteiger partial charge in [0.15, 0.2) is 17.0 Å². The quantitative estimate of drug-likeness (QED) is 0.0550. The Labute approximate surface area is 260 Å². The molecule has 2 unspecified atom stereocenters. The van der Waals surface area contributed by atoms with Crippen molar-refractivity contribution in [2.45, 2.75) is 97.7 Å². The Kier molecular flexibility index (Phi) is 16.9. The average Bonchev–Trinajstić information content (AvgIpc) is 3.40. The summed E-state index contributed by atoms with van der Waals surface area (Å²) >= 11 is 0. The molecule has 2 heterocycles. The Morgan fingerprint density at radius 3 is 2.11 bits per heavy atom. The first-order valence-electron chi connectivity index (χ1n) is 15.5. The Morgan fingerprint density at radius 1 is 0.977 bits per heavy atom. The van der Waals surface area contributed by atoms with E-state index < -0.39 is 31.5 Å². The van der Waals surface area contributed by atoms with Gasteiger partial charge in [0.1, 0.15) is 18.4 Å². The smallest absolute Gasteiger partial charge is 0.323 e. The number of unbranched alkanes of at least 4 members (excludes halogenated alkanes) is 6. The van der Waals surface area contributed by atoms with Crippen LogP contribution in [0.15, 0.2) is 19.0 Å². The number of carbonyl (C=O) groups excluding carboxylic acids is 2. The first-order chi connectivity index (χ1) is 21.1. The third-order valence-corrected chi connectivity index (χ3v) is 8.80. The number of aromatic nitrogens is 4. The second kappa shape index (κ2) is 20.1. The molecule has 14 nitrogen and oxygen atoms in total. The summed E-state index contributed by atoms with van der Waals surface area (Å²) < 4.78 is 32.3. The lowest BCUT2D eigenvalue weighted by Gasteiger charge is -2.26. The van der Waals surface area contributed by atoms with Gasteiger partial charge in [-0.05, 0) is 26.7 Å². The second-order valence-corrected chi connectivity index (χ2v) is 12.9. The van der Waals surface area contributed by atoms with Crippen LogP contribution in [0.1, 0.15) is 79.1 Å². The highest BCUT2D eigenvalue weighted by Crippen LogP contribution is 2.37. The molecule has 0 aromatic carbocycles. The van der Waals surface area contributed by atoms with Gasteiger partial charge in [-0.2, -0.15) is 9.97 Å². The summed E-state index contributed by atoms with van der Waals surface area (Å²) in [6, 6.07) is -1.81. The number of nitrogens with one attached hydrogen (secondary N) is 3. The molecule has 0 saturated heterocycles. The van der Waals surface area contributed by atoms with E-state index in [0.29, 0.717) is 30.1 Å². The number of esters is 2. The first-order valence-corrected chi connectivity index (χ1v) is 17.4. The fraction of sp³-hybridized carbons (Fsp3) is 0.690. The fourth-order valence-electron chi connectivity index (χ4n) is 4.27. The zero-order valence-corrected chi connectivity index (χ0v) is 27.6. The average molecular weight is 639 g/mol. The number of carbonyl (C=O) groups is 2. The van der Waals surface area contributed by atoms with E-state index in [1.165, 1.54) is 0 Å². The molecule has 2 aromatic rings. The van der Waals surface area contributed by atoms with Gasteiger partial charge in [0.05, 0.1) is 26.1 Å². The Hall–Kier alpha value is -3.06. The Bertz CT molecular complexity index is 1190. The number of nitrogens with two attached hydrogens (primary N) is 1. The zero-order valence-electron chi connectivity index (χ0n) is 26.7. The van der Waals surface area contributed by atoms with Gasteiger partial charge in [0, 0.05) is 13.1 Å². The van der Waals surface area contributed by atoms with Gasteiger partial charge in [-0.25, -0.2) is 15.2 Å². The number of hydrogen-bond acceptors (Lipinski definition) is 11. The van der Waals surface area contributed by atoms with Crippen LogP contribution in [0, 0.1) is 0 Å². The van der Waals surface area contributed by atoms with Gasteiger partial charge < -0.3 is 29.8 Å². The summed E-state index contributed by atoms with van der Waals surface area (Å²) in [4.78, 5) is 38.1. The molecule has 0 aliphatic rings. The van der Waals surface area contributed by atoms with Crippen LogP contribution in [-0.2, 0) is 34.9 Å². The standard InChI is InChI=1S/C29H51N8O6P/c1-6-9-11-13-17-42-27(38)22(4)35-44(40,36-23(5)28(39)43-18-14-12-10-7-2)21-41-19-16-37-20-32-24-25(31-15-8-3)33-29(30)34-26(24)37/h8,20,22-23H,3,6-7,9-19,21H2,1-2,4-5H3,(H2,35,36,40)(H3,30,31,33,34). The van der Waals surface area contributed by atoms with Crippen molar-refractivity contribution in [2.24, 2.45) is 0 Å². The molecular weight excluding hydrogens is 587 g/mol. The normalized spacial score (nSPS) is 14.1. The van der Waals surface area contributed by atoms with E-state index in [1.807, 2.05) is 0 Å². The van der Waals surface area contributed by atoms with Crippen molar-refractivity contribution in [3.8, 4) is 0 Å². The third kappa shape index (κ3) is 12.9. The van der Waals surface area contributed by atoms with Gasteiger partial charge in [-0.1, -0.05) is 58.4 Å². The number of anilines is 2. The number of imidazole rings is 1. The minimum atomic E-state index is -3.64. The van der Waals surface area contributed by atoms with Gasteiger partial charge in [-0.3, -0.25) is 14.2 Å². The molecule has 0 radical (unpaired) electrons. The van der Waals surface area contributed by atoms with Gasteiger partial charge in [0.2, 0.25) is 13.4 Å². The summed E-state index contributed by atoms with van der Waals surface area (Å²) in [6.45, 7) is 12.5. The number of ether oxygens (including phenoxy) is 3. The molecule has 15 heteroatoms. The largest absolute Gasteiger partial charge is 0.465 e. The molecule has 248 valence electrons. The predicted octanol–water partition coefficient (Wildman–Crippen LogP) is 4.38. The van der Waals surface area contributed by atoms with Crippen molar-refractivity contribution in [1.82, 2.24) is 29.7 Å². The van der Waals surface area contributed by atoms with Crippen LogP contribution in [0.5, 0.6) is 0 Å². The number of rotatable bonds is 24. The van der Waals surface area contributed by atoms with Crippen molar-refractivity contribution < 1.29 is 28.4 Å². The Balaban J connectivity index is 2.03. The van der Waals surface area contributed by atoms with Crippen LogP contribution >= 0.6 is 7.44 Å². The summed E-state index contributed by atoms with van der Waals surface area (Å²) in [5.41, 5.74) is 6.94. The third-order valence-electron chi connectivity index (χ3n) is 6.64. The summed E-state index contributed by atoms with van der Waals surface area (Å²) in [5.74, 6) is -0.486. The van der Waals surface area contributed by atoms with Gasteiger partial charge >= 0.3 is 11.9 Å². The second-order valence-electron chi connectivity index (χ2n) is 10.6. The fourth-order valence-corrected chi connectivity index (χ4v) is 6.34. The van der Waals surface area contributed by atoms with E-state index in [1.54, 1.807) is 30.8 Å². The van der Waals surface area contributed by atoms with Crippen LogP contribution in [0.3, 0.4) is 0 Å². The molecule has 0 bridgehead atoms. The maximum Gasteiger partial charge on any atom is 0.323 e. The SMILES string of the molecule is C=CCNc1nc(N)nc2c1ncn2CCOCP(=O)(NC(C)C(=O)OCCCCCC)NC(C)C(=O)OCCCCCC. The highest BCUT2D eigenvalue weighted by molar-refractivity contribution is 7.59.